The minimum Gasteiger partial charge on any atom is -0.351 e. The summed E-state index contributed by atoms with van der Waals surface area (Å²) in [5.74, 6) is 0.0544. The maximum absolute atomic E-state index is 11.7. The highest BCUT2D eigenvalue weighted by Gasteiger charge is 2.18. The SMILES string of the molecule is CCC(C)NC(CN)CC(=O)NC(C)(C)C. The lowest BCUT2D eigenvalue weighted by atomic mass is 10.1. The molecular formula is C12H27N3O. The molecule has 0 aliphatic carbocycles. The first kappa shape index (κ1) is 15.4. The fourth-order valence-corrected chi connectivity index (χ4v) is 1.42. The van der Waals surface area contributed by atoms with Crippen LogP contribution in [0.4, 0.5) is 0 Å². The third-order valence-corrected chi connectivity index (χ3v) is 2.36. The molecule has 0 saturated carbocycles. The molecule has 0 spiro atoms. The zero-order chi connectivity index (χ0) is 12.8. The highest BCUT2D eigenvalue weighted by Crippen LogP contribution is 2.01. The molecule has 0 aromatic carbocycles. The van der Waals surface area contributed by atoms with E-state index in [9.17, 15) is 4.79 Å². The van der Waals surface area contributed by atoms with Crippen LogP contribution in [0.25, 0.3) is 0 Å². The highest BCUT2D eigenvalue weighted by molar-refractivity contribution is 5.77. The van der Waals surface area contributed by atoms with Crippen LogP contribution in [0, 0.1) is 0 Å². The number of nitrogens with one attached hydrogen (secondary N) is 2. The zero-order valence-corrected chi connectivity index (χ0v) is 11.3. The van der Waals surface area contributed by atoms with Crippen molar-refractivity contribution in [1.82, 2.24) is 10.6 Å². The second-order valence-corrected chi connectivity index (χ2v) is 5.41. The van der Waals surface area contributed by atoms with Crippen LogP contribution < -0.4 is 16.4 Å². The molecular weight excluding hydrogens is 202 g/mol. The Hall–Kier alpha value is -0.610. The third-order valence-electron chi connectivity index (χ3n) is 2.36. The number of amides is 1. The van der Waals surface area contributed by atoms with E-state index >= 15 is 0 Å². The summed E-state index contributed by atoms with van der Waals surface area (Å²) in [6.07, 6.45) is 1.48. The average Bonchev–Trinajstić information content (AvgIpc) is 2.13. The van der Waals surface area contributed by atoms with Crippen molar-refractivity contribution in [2.24, 2.45) is 5.73 Å². The van der Waals surface area contributed by atoms with Gasteiger partial charge in [-0.2, -0.15) is 0 Å². The van der Waals surface area contributed by atoms with E-state index in [0.717, 1.165) is 6.42 Å². The largest absolute Gasteiger partial charge is 0.351 e. The quantitative estimate of drug-likeness (QED) is 0.637. The molecule has 96 valence electrons. The summed E-state index contributed by atoms with van der Waals surface area (Å²) in [6, 6.07) is 0.466. The van der Waals surface area contributed by atoms with Crippen molar-refractivity contribution in [2.45, 2.75) is 65.1 Å². The molecule has 0 aromatic heterocycles. The van der Waals surface area contributed by atoms with E-state index in [1.165, 1.54) is 0 Å². The first-order chi connectivity index (χ1) is 7.28. The lowest BCUT2D eigenvalue weighted by molar-refractivity contribution is -0.123. The average molecular weight is 229 g/mol. The minimum absolute atomic E-state index is 0.0544. The van der Waals surface area contributed by atoms with Crippen LogP contribution in [0.15, 0.2) is 0 Å². The van der Waals surface area contributed by atoms with E-state index in [1.807, 2.05) is 20.8 Å². The molecule has 0 heterocycles. The van der Waals surface area contributed by atoms with Crippen LogP contribution in [0.5, 0.6) is 0 Å². The van der Waals surface area contributed by atoms with Gasteiger partial charge in [0.25, 0.3) is 0 Å². The summed E-state index contributed by atoms with van der Waals surface area (Å²) in [6.45, 7) is 10.6. The predicted molar refractivity (Wildman–Crippen MR) is 68.2 cm³/mol. The summed E-state index contributed by atoms with van der Waals surface area (Å²) >= 11 is 0. The second-order valence-electron chi connectivity index (χ2n) is 5.41. The Morgan fingerprint density at radius 3 is 2.31 bits per heavy atom. The van der Waals surface area contributed by atoms with E-state index in [2.05, 4.69) is 24.5 Å². The molecule has 2 unspecified atom stereocenters. The van der Waals surface area contributed by atoms with Gasteiger partial charge >= 0.3 is 0 Å². The molecule has 16 heavy (non-hydrogen) atoms. The van der Waals surface area contributed by atoms with Gasteiger partial charge in [0, 0.05) is 30.6 Å². The molecule has 2 atom stereocenters. The van der Waals surface area contributed by atoms with E-state index in [1.54, 1.807) is 0 Å². The molecule has 0 aromatic rings. The Kier molecular flexibility index (Phi) is 6.60. The Labute approximate surface area is 99.4 Å². The van der Waals surface area contributed by atoms with Gasteiger partial charge in [0.05, 0.1) is 0 Å². The normalized spacial score (nSPS) is 15.6. The summed E-state index contributed by atoms with van der Waals surface area (Å²) in [7, 11) is 0. The van der Waals surface area contributed by atoms with Crippen molar-refractivity contribution in [1.29, 1.82) is 0 Å². The number of rotatable bonds is 6. The van der Waals surface area contributed by atoms with Gasteiger partial charge in [-0.15, -0.1) is 0 Å². The molecule has 4 heteroatoms. The van der Waals surface area contributed by atoms with Crippen molar-refractivity contribution < 1.29 is 4.79 Å². The maximum Gasteiger partial charge on any atom is 0.222 e. The smallest absolute Gasteiger partial charge is 0.222 e. The van der Waals surface area contributed by atoms with Crippen LogP contribution in [0.3, 0.4) is 0 Å². The molecule has 4 nitrogen and oxygen atoms in total. The number of nitrogens with two attached hydrogens (primary N) is 1. The molecule has 0 rings (SSSR count). The predicted octanol–water partition coefficient (Wildman–Crippen LogP) is 1.01. The van der Waals surface area contributed by atoms with Gasteiger partial charge in [-0.3, -0.25) is 4.79 Å². The molecule has 0 aliphatic heterocycles. The van der Waals surface area contributed by atoms with Gasteiger partial charge in [0.15, 0.2) is 0 Å². The van der Waals surface area contributed by atoms with Crippen molar-refractivity contribution in [3.63, 3.8) is 0 Å². The Bertz CT molecular complexity index is 211. The summed E-state index contributed by atoms with van der Waals surface area (Å²) in [5.41, 5.74) is 5.47. The Morgan fingerprint density at radius 1 is 1.38 bits per heavy atom. The van der Waals surface area contributed by atoms with Crippen molar-refractivity contribution in [3.05, 3.63) is 0 Å². The van der Waals surface area contributed by atoms with Crippen molar-refractivity contribution in [3.8, 4) is 0 Å². The van der Waals surface area contributed by atoms with Crippen LogP contribution in [-0.4, -0.2) is 30.1 Å². The Morgan fingerprint density at radius 2 is 1.94 bits per heavy atom. The van der Waals surface area contributed by atoms with Gasteiger partial charge in [-0.05, 0) is 34.1 Å². The standard InChI is InChI=1S/C12H27N3O/c1-6-9(2)14-10(8-13)7-11(16)15-12(3,4)5/h9-10,14H,6-8,13H2,1-5H3,(H,15,16). The first-order valence-corrected chi connectivity index (χ1v) is 6.05. The van der Waals surface area contributed by atoms with E-state index in [-0.39, 0.29) is 17.5 Å². The number of hydrogen-bond acceptors (Lipinski definition) is 3. The number of carbonyl (C=O) groups excluding carboxylic acids is 1. The van der Waals surface area contributed by atoms with E-state index in [0.29, 0.717) is 19.0 Å². The zero-order valence-electron chi connectivity index (χ0n) is 11.3. The van der Waals surface area contributed by atoms with Crippen molar-refractivity contribution >= 4 is 5.91 Å². The van der Waals surface area contributed by atoms with Crippen LogP contribution in [0.1, 0.15) is 47.5 Å². The minimum atomic E-state index is -0.174. The number of carbonyl (C=O) groups is 1. The number of hydrogen-bond donors (Lipinski definition) is 3. The van der Waals surface area contributed by atoms with Gasteiger partial charge in [-0.1, -0.05) is 6.92 Å². The highest BCUT2D eigenvalue weighted by atomic mass is 16.1. The van der Waals surface area contributed by atoms with Crippen LogP contribution >= 0.6 is 0 Å². The fraction of sp³-hybridized carbons (Fsp3) is 0.917. The van der Waals surface area contributed by atoms with E-state index in [4.69, 9.17) is 5.73 Å². The molecule has 0 bridgehead atoms. The van der Waals surface area contributed by atoms with Gasteiger partial charge in [0.2, 0.25) is 5.91 Å². The Balaban J connectivity index is 4.07. The van der Waals surface area contributed by atoms with Gasteiger partial charge < -0.3 is 16.4 Å². The monoisotopic (exact) mass is 229 g/mol. The summed E-state index contributed by atoms with van der Waals surface area (Å²) in [5, 5.41) is 6.29. The van der Waals surface area contributed by atoms with Crippen LogP contribution in [0.2, 0.25) is 0 Å². The molecule has 0 aliphatic rings. The van der Waals surface area contributed by atoms with Gasteiger partial charge in [-0.25, -0.2) is 0 Å². The first-order valence-electron chi connectivity index (χ1n) is 6.05. The lowest BCUT2D eigenvalue weighted by Gasteiger charge is -2.24. The summed E-state index contributed by atoms with van der Waals surface area (Å²) < 4.78 is 0. The van der Waals surface area contributed by atoms with E-state index < -0.39 is 0 Å². The molecule has 0 saturated heterocycles. The summed E-state index contributed by atoms with van der Waals surface area (Å²) in [4.78, 5) is 11.7. The molecule has 0 radical (unpaired) electrons. The van der Waals surface area contributed by atoms with Crippen molar-refractivity contribution in [2.75, 3.05) is 6.54 Å². The topological polar surface area (TPSA) is 67.1 Å². The third kappa shape index (κ3) is 7.65. The molecule has 0 fully saturated rings. The fourth-order valence-electron chi connectivity index (χ4n) is 1.42. The molecule has 4 N–H and O–H groups in total. The van der Waals surface area contributed by atoms with Gasteiger partial charge in [0.1, 0.15) is 0 Å². The second kappa shape index (κ2) is 6.86. The van der Waals surface area contributed by atoms with Crippen LogP contribution in [-0.2, 0) is 4.79 Å². The lowest BCUT2D eigenvalue weighted by Crippen LogP contribution is -2.47. The maximum atomic E-state index is 11.7. The molecule has 1 amide bonds.